The van der Waals surface area contributed by atoms with Crippen LogP contribution in [-0.2, 0) is 20.9 Å². The lowest BCUT2D eigenvalue weighted by molar-refractivity contribution is -0.158. The number of allylic oxidation sites excluding steroid dienone is 2. The molecule has 0 radical (unpaired) electrons. The Bertz CT molecular complexity index is 731. The molecule has 0 N–H and O–H groups in total. The van der Waals surface area contributed by atoms with Gasteiger partial charge in [0.1, 0.15) is 6.61 Å². The third kappa shape index (κ3) is 6.09. The Morgan fingerprint density at radius 3 is 2.41 bits per heavy atom. The van der Waals surface area contributed by atoms with Gasteiger partial charge in [0.2, 0.25) is 0 Å². The molecule has 29 heavy (non-hydrogen) atoms. The number of esters is 1. The monoisotopic (exact) mass is 401 g/mol. The van der Waals surface area contributed by atoms with E-state index < -0.39 is 5.41 Å². The number of hydrogen-bond acceptors (Lipinski definition) is 4. The molecule has 2 atom stereocenters. The van der Waals surface area contributed by atoms with Gasteiger partial charge in [-0.05, 0) is 43.6 Å². The van der Waals surface area contributed by atoms with Crippen LogP contribution in [0.2, 0.25) is 0 Å². The van der Waals surface area contributed by atoms with E-state index in [2.05, 4.69) is 26.8 Å². The maximum absolute atomic E-state index is 12.9. The Morgan fingerprint density at radius 2 is 1.86 bits per heavy atom. The van der Waals surface area contributed by atoms with Crippen molar-refractivity contribution in [2.45, 2.75) is 54.1 Å². The van der Waals surface area contributed by atoms with E-state index >= 15 is 0 Å². The molecular weight excluding hydrogens is 366 g/mol. The SMILES string of the molecule is COC(=O)[C@]1(CC=C(C)C)C[C@@H](C(C)(C)C)CN(C(=O)OCc2ccccc2)C1. The minimum absolute atomic E-state index is 0.0530. The zero-order valence-corrected chi connectivity index (χ0v) is 18.7. The molecule has 0 saturated carbocycles. The van der Waals surface area contributed by atoms with E-state index in [0.717, 1.165) is 11.1 Å². The zero-order chi connectivity index (χ0) is 21.7. The number of hydrogen-bond donors (Lipinski definition) is 0. The highest BCUT2D eigenvalue weighted by molar-refractivity contribution is 5.79. The van der Waals surface area contributed by atoms with Crippen LogP contribution in [0.1, 0.15) is 53.0 Å². The molecule has 0 spiro atoms. The summed E-state index contributed by atoms with van der Waals surface area (Å²) in [4.78, 5) is 27.5. The smallest absolute Gasteiger partial charge is 0.410 e. The van der Waals surface area contributed by atoms with Crippen LogP contribution in [0, 0.1) is 16.7 Å². The minimum atomic E-state index is -0.756. The molecule has 2 rings (SSSR count). The van der Waals surface area contributed by atoms with Crippen LogP contribution in [0.4, 0.5) is 4.79 Å². The molecule has 0 unspecified atom stereocenters. The van der Waals surface area contributed by atoms with Gasteiger partial charge in [-0.15, -0.1) is 0 Å². The molecular formula is C24H35NO4. The van der Waals surface area contributed by atoms with E-state index in [1.165, 1.54) is 7.11 Å². The van der Waals surface area contributed by atoms with E-state index in [4.69, 9.17) is 9.47 Å². The Hall–Kier alpha value is -2.30. The van der Waals surface area contributed by atoms with Crippen molar-refractivity contribution in [3.63, 3.8) is 0 Å². The molecule has 1 aromatic carbocycles. The van der Waals surface area contributed by atoms with Gasteiger partial charge in [0.25, 0.3) is 0 Å². The third-order valence-electron chi connectivity index (χ3n) is 5.78. The highest BCUT2D eigenvalue weighted by Crippen LogP contribution is 2.44. The first-order valence-corrected chi connectivity index (χ1v) is 10.2. The first-order chi connectivity index (χ1) is 13.6. The normalized spacial score (nSPS) is 22.0. The lowest BCUT2D eigenvalue weighted by Gasteiger charge is -2.47. The number of amides is 1. The number of ether oxygens (including phenoxy) is 2. The molecule has 1 aliphatic heterocycles. The minimum Gasteiger partial charge on any atom is -0.469 e. The summed E-state index contributed by atoms with van der Waals surface area (Å²) in [6, 6.07) is 9.62. The molecule has 1 heterocycles. The van der Waals surface area contributed by atoms with Gasteiger partial charge in [0.05, 0.1) is 12.5 Å². The highest BCUT2D eigenvalue weighted by Gasteiger charge is 2.49. The predicted octanol–water partition coefficient (Wildman–Crippen LogP) is 5.21. The summed E-state index contributed by atoms with van der Waals surface area (Å²) in [6.07, 6.45) is 2.93. The van der Waals surface area contributed by atoms with Gasteiger partial charge in [-0.2, -0.15) is 0 Å². The standard InChI is InChI=1S/C24H35NO4/c1-18(2)12-13-24(21(26)28-6)14-20(23(3,4)5)15-25(17-24)22(27)29-16-19-10-8-7-9-11-19/h7-12,20H,13-17H2,1-6H3/t20-,24-/m1/s1. The second kappa shape index (κ2) is 9.47. The summed E-state index contributed by atoms with van der Waals surface area (Å²) >= 11 is 0. The second-order valence-electron chi connectivity index (χ2n) is 9.45. The largest absolute Gasteiger partial charge is 0.469 e. The Morgan fingerprint density at radius 1 is 1.21 bits per heavy atom. The van der Waals surface area contributed by atoms with E-state index in [9.17, 15) is 9.59 Å². The van der Waals surface area contributed by atoms with Gasteiger partial charge in [-0.25, -0.2) is 4.79 Å². The van der Waals surface area contributed by atoms with Crippen molar-refractivity contribution in [3.05, 3.63) is 47.5 Å². The van der Waals surface area contributed by atoms with Crippen LogP contribution in [0.25, 0.3) is 0 Å². The summed E-state index contributed by atoms with van der Waals surface area (Å²) in [5.74, 6) is -0.102. The van der Waals surface area contributed by atoms with E-state index in [-0.39, 0.29) is 30.0 Å². The fraction of sp³-hybridized carbons (Fsp3) is 0.583. The lowest BCUT2D eigenvalue weighted by Crippen LogP contribution is -2.55. The van der Waals surface area contributed by atoms with Gasteiger partial charge in [0, 0.05) is 13.1 Å². The maximum atomic E-state index is 12.9. The van der Waals surface area contributed by atoms with Crippen LogP contribution in [0.5, 0.6) is 0 Å². The van der Waals surface area contributed by atoms with Gasteiger partial charge < -0.3 is 14.4 Å². The highest BCUT2D eigenvalue weighted by atomic mass is 16.6. The van der Waals surface area contributed by atoms with Crippen molar-refractivity contribution in [2.75, 3.05) is 20.2 Å². The average Bonchev–Trinajstić information content (AvgIpc) is 2.69. The van der Waals surface area contributed by atoms with Crippen molar-refractivity contribution in [3.8, 4) is 0 Å². The van der Waals surface area contributed by atoms with Gasteiger partial charge in [0.15, 0.2) is 0 Å². The number of piperidine rings is 1. The fourth-order valence-electron chi connectivity index (χ4n) is 3.82. The molecule has 1 amide bonds. The molecule has 160 valence electrons. The summed E-state index contributed by atoms with van der Waals surface area (Å²) in [7, 11) is 1.42. The van der Waals surface area contributed by atoms with E-state index in [1.807, 2.05) is 44.2 Å². The molecule has 0 bridgehead atoms. The number of rotatable bonds is 5. The van der Waals surface area contributed by atoms with Gasteiger partial charge in [-0.3, -0.25) is 4.79 Å². The van der Waals surface area contributed by atoms with Crippen molar-refractivity contribution in [1.82, 2.24) is 4.90 Å². The van der Waals surface area contributed by atoms with Crippen molar-refractivity contribution >= 4 is 12.1 Å². The van der Waals surface area contributed by atoms with Crippen LogP contribution in [0.15, 0.2) is 42.0 Å². The van der Waals surface area contributed by atoms with Crippen LogP contribution >= 0.6 is 0 Å². The fourth-order valence-corrected chi connectivity index (χ4v) is 3.82. The maximum Gasteiger partial charge on any atom is 0.410 e. The number of carbonyl (C=O) groups is 2. The second-order valence-corrected chi connectivity index (χ2v) is 9.45. The van der Waals surface area contributed by atoms with Gasteiger partial charge >= 0.3 is 12.1 Å². The first-order valence-electron chi connectivity index (χ1n) is 10.2. The molecule has 1 aliphatic rings. The molecule has 1 aromatic rings. The summed E-state index contributed by atoms with van der Waals surface area (Å²) < 4.78 is 10.8. The topological polar surface area (TPSA) is 55.8 Å². The van der Waals surface area contributed by atoms with Crippen molar-refractivity contribution < 1.29 is 19.1 Å². The zero-order valence-electron chi connectivity index (χ0n) is 18.7. The molecule has 0 aromatic heterocycles. The predicted molar refractivity (Wildman–Crippen MR) is 114 cm³/mol. The quantitative estimate of drug-likeness (QED) is 0.502. The molecule has 1 fully saturated rings. The first kappa shape index (κ1) is 23.0. The number of nitrogens with zero attached hydrogens (tertiary/aromatic N) is 1. The average molecular weight is 402 g/mol. The number of carbonyl (C=O) groups excluding carboxylic acids is 2. The van der Waals surface area contributed by atoms with Crippen LogP contribution < -0.4 is 0 Å². The van der Waals surface area contributed by atoms with Crippen molar-refractivity contribution in [2.24, 2.45) is 16.7 Å². The molecule has 1 saturated heterocycles. The Kier molecular flexibility index (Phi) is 7.50. The number of benzene rings is 1. The van der Waals surface area contributed by atoms with E-state index in [1.54, 1.807) is 4.90 Å². The molecule has 5 heteroatoms. The van der Waals surface area contributed by atoms with Crippen LogP contribution in [0.3, 0.4) is 0 Å². The third-order valence-corrected chi connectivity index (χ3v) is 5.78. The number of methoxy groups -OCH3 is 1. The molecule has 5 nitrogen and oxygen atoms in total. The van der Waals surface area contributed by atoms with E-state index in [0.29, 0.717) is 25.9 Å². The van der Waals surface area contributed by atoms with Crippen LogP contribution in [-0.4, -0.2) is 37.2 Å². The summed E-state index contributed by atoms with van der Waals surface area (Å²) in [5, 5.41) is 0. The van der Waals surface area contributed by atoms with Crippen molar-refractivity contribution in [1.29, 1.82) is 0 Å². The number of likely N-dealkylation sites (tertiary alicyclic amines) is 1. The summed E-state index contributed by atoms with van der Waals surface area (Å²) in [6.45, 7) is 11.6. The Labute approximate surface area is 175 Å². The van der Waals surface area contributed by atoms with Gasteiger partial charge in [-0.1, -0.05) is 62.8 Å². The summed E-state index contributed by atoms with van der Waals surface area (Å²) in [5.41, 5.74) is 1.27. The Balaban J connectivity index is 2.26. The lowest BCUT2D eigenvalue weighted by atomic mass is 9.65. The molecule has 0 aliphatic carbocycles.